The van der Waals surface area contributed by atoms with Crippen molar-refractivity contribution in [3.63, 3.8) is 0 Å². The molecule has 0 saturated carbocycles. The van der Waals surface area contributed by atoms with Gasteiger partial charge < -0.3 is 5.11 Å². The van der Waals surface area contributed by atoms with Crippen molar-refractivity contribution in [1.29, 1.82) is 0 Å². The molecule has 0 amide bonds. The van der Waals surface area contributed by atoms with E-state index in [9.17, 15) is 0 Å². The van der Waals surface area contributed by atoms with E-state index < -0.39 is 0 Å². The number of hydrogen-bond donors (Lipinski definition) is 1. The molecule has 2 radical (unpaired) electrons. The zero-order valence-corrected chi connectivity index (χ0v) is 5.75. The Bertz CT molecular complexity index is 170. The third-order valence-electron chi connectivity index (χ3n) is 1.44. The van der Waals surface area contributed by atoms with Gasteiger partial charge in [0.25, 0.3) is 0 Å². The van der Waals surface area contributed by atoms with Crippen molar-refractivity contribution in [2.45, 2.75) is 12.9 Å². The van der Waals surface area contributed by atoms with E-state index in [1.54, 1.807) is 0 Å². The van der Waals surface area contributed by atoms with E-state index >= 15 is 0 Å². The summed E-state index contributed by atoms with van der Waals surface area (Å²) < 4.78 is 0. The maximum atomic E-state index is 8.67. The summed E-state index contributed by atoms with van der Waals surface area (Å²) in [5.74, 6) is 0. The number of rotatable bonds is 2. The summed E-state index contributed by atoms with van der Waals surface area (Å²) in [6, 6.07) is 7.60. The minimum Gasteiger partial charge on any atom is -0.392 e. The van der Waals surface area contributed by atoms with Gasteiger partial charge in [-0.15, -0.1) is 0 Å². The van der Waals surface area contributed by atoms with Gasteiger partial charge in [-0.2, -0.15) is 0 Å². The molecule has 0 saturated heterocycles. The van der Waals surface area contributed by atoms with Crippen LogP contribution in [0.25, 0.3) is 0 Å². The van der Waals surface area contributed by atoms with Crippen molar-refractivity contribution in [3.05, 3.63) is 35.4 Å². The van der Waals surface area contributed by atoms with Crippen molar-refractivity contribution in [2.24, 2.45) is 0 Å². The maximum absolute atomic E-state index is 8.67. The Morgan fingerprint density at radius 2 is 1.60 bits per heavy atom. The lowest BCUT2D eigenvalue weighted by Gasteiger charge is -1.97. The first-order valence-corrected chi connectivity index (χ1v) is 3.25. The van der Waals surface area contributed by atoms with Gasteiger partial charge in [-0.05, 0) is 5.56 Å². The average Bonchev–Trinajstić information content (AvgIpc) is 2.05. The van der Waals surface area contributed by atoms with Crippen LogP contribution in [-0.4, -0.2) is 13.0 Å². The van der Waals surface area contributed by atoms with Crippen LogP contribution in [0.1, 0.15) is 11.1 Å². The lowest BCUT2D eigenvalue weighted by atomic mass is 9.96. The van der Waals surface area contributed by atoms with Crippen LogP contribution < -0.4 is 0 Å². The van der Waals surface area contributed by atoms with Crippen LogP contribution in [0.5, 0.6) is 0 Å². The van der Waals surface area contributed by atoms with Crippen LogP contribution in [0, 0.1) is 0 Å². The van der Waals surface area contributed by atoms with E-state index in [-0.39, 0.29) is 6.61 Å². The lowest BCUT2D eigenvalue weighted by molar-refractivity contribution is 0.282. The maximum Gasteiger partial charge on any atom is 0.0716 e. The summed E-state index contributed by atoms with van der Waals surface area (Å²) >= 11 is 0. The topological polar surface area (TPSA) is 20.2 Å². The van der Waals surface area contributed by atoms with Gasteiger partial charge in [0.15, 0.2) is 0 Å². The zero-order valence-electron chi connectivity index (χ0n) is 5.75. The van der Waals surface area contributed by atoms with Crippen LogP contribution in [-0.2, 0) is 12.9 Å². The molecule has 1 aromatic rings. The highest BCUT2D eigenvalue weighted by Crippen LogP contribution is 2.03. The molecule has 1 N–H and O–H groups in total. The van der Waals surface area contributed by atoms with Crippen LogP contribution in [0.2, 0.25) is 0 Å². The second-order valence-electron chi connectivity index (χ2n) is 2.18. The van der Waals surface area contributed by atoms with Gasteiger partial charge in [0, 0.05) is 0 Å². The van der Waals surface area contributed by atoms with Gasteiger partial charge in [0.2, 0.25) is 0 Å². The molecule has 0 unspecified atom stereocenters. The quantitative estimate of drug-likeness (QED) is 0.591. The highest BCUT2D eigenvalue weighted by Gasteiger charge is 1.88. The summed E-state index contributed by atoms with van der Waals surface area (Å²) in [6.07, 6.45) is 0.561. The Kier molecular flexibility index (Phi) is 2.52. The summed E-state index contributed by atoms with van der Waals surface area (Å²) in [7, 11) is 5.38. The highest BCUT2D eigenvalue weighted by atomic mass is 16.3. The Labute approximate surface area is 62.1 Å². The Hall–Kier alpha value is -0.755. The summed E-state index contributed by atoms with van der Waals surface area (Å²) in [5, 5.41) is 8.67. The second kappa shape index (κ2) is 3.42. The summed E-state index contributed by atoms with van der Waals surface area (Å²) in [6.45, 7) is 0.102. The van der Waals surface area contributed by atoms with Crippen molar-refractivity contribution < 1.29 is 5.11 Å². The highest BCUT2D eigenvalue weighted by molar-refractivity contribution is 6.08. The first kappa shape index (κ1) is 7.35. The van der Waals surface area contributed by atoms with Gasteiger partial charge in [-0.25, -0.2) is 0 Å². The number of benzene rings is 1. The van der Waals surface area contributed by atoms with Crippen molar-refractivity contribution in [3.8, 4) is 0 Å². The van der Waals surface area contributed by atoms with E-state index in [1.165, 1.54) is 0 Å². The number of hydrogen-bond acceptors (Lipinski definition) is 1. The predicted octanol–water partition coefficient (Wildman–Crippen LogP) is 0.847. The fourth-order valence-corrected chi connectivity index (χ4v) is 0.781. The fourth-order valence-electron chi connectivity index (χ4n) is 0.781. The van der Waals surface area contributed by atoms with Gasteiger partial charge in [0.05, 0.1) is 14.5 Å². The molecule has 0 fully saturated rings. The minimum atomic E-state index is 0.102. The Morgan fingerprint density at radius 3 is 2.00 bits per heavy atom. The smallest absolute Gasteiger partial charge is 0.0716 e. The SMILES string of the molecule is [B]Cc1ccc(CO)cc1. The molecular formula is C8H9BO. The van der Waals surface area contributed by atoms with Crippen molar-refractivity contribution >= 4 is 7.85 Å². The van der Waals surface area contributed by atoms with Crippen molar-refractivity contribution in [1.82, 2.24) is 0 Å². The van der Waals surface area contributed by atoms with Crippen LogP contribution in [0.15, 0.2) is 24.3 Å². The van der Waals surface area contributed by atoms with E-state index in [1.807, 2.05) is 24.3 Å². The molecule has 0 bridgehead atoms. The van der Waals surface area contributed by atoms with E-state index in [2.05, 4.69) is 0 Å². The zero-order chi connectivity index (χ0) is 7.40. The normalized spacial score (nSPS) is 9.70. The lowest BCUT2D eigenvalue weighted by Crippen LogP contribution is -1.85. The van der Waals surface area contributed by atoms with E-state index in [0.717, 1.165) is 11.1 Å². The third kappa shape index (κ3) is 1.61. The van der Waals surface area contributed by atoms with Crippen LogP contribution in [0.3, 0.4) is 0 Å². The average molecular weight is 132 g/mol. The van der Waals surface area contributed by atoms with Crippen molar-refractivity contribution in [2.75, 3.05) is 0 Å². The molecule has 1 aromatic carbocycles. The van der Waals surface area contributed by atoms with Gasteiger partial charge in [0.1, 0.15) is 0 Å². The molecule has 0 aliphatic rings. The monoisotopic (exact) mass is 132 g/mol. The molecule has 2 heteroatoms. The predicted molar refractivity (Wildman–Crippen MR) is 41.8 cm³/mol. The second-order valence-corrected chi connectivity index (χ2v) is 2.18. The molecule has 0 atom stereocenters. The fraction of sp³-hybridized carbons (Fsp3) is 0.250. The Balaban J connectivity index is 2.80. The molecule has 50 valence electrons. The minimum absolute atomic E-state index is 0.102. The number of aliphatic hydroxyl groups excluding tert-OH is 1. The third-order valence-corrected chi connectivity index (χ3v) is 1.44. The van der Waals surface area contributed by atoms with Crippen LogP contribution >= 0.6 is 0 Å². The molecule has 0 spiro atoms. The number of aliphatic hydroxyl groups is 1. The first-order chi connectivity index (χ1) is 4.86. The molecular weight excluding hydrogens is 123 g/mol. The molecule has 1 nitrogen and oxygen atoms in total. The first-order valence-electron chi connectivity index (χ1n) is 3.25. The van der Waals surface area contributed by atoms with Crippen LogP contribution in [0.4, 0.5) is 0 Å². The largest absolute Gasteiger partial charge is 0.392 e. The Morgan fingerprint density at radius 1 is 1.10 bits per heavy atom. The summed E-state index contributed by atoms with van der Waals surface area (Å²) in [5.41, 5.74) is 2.02. The standard InChI is InChI=1S/C8H9BO/c9-5-7-1-3-8(6-10)4-2-7/h1-4,10H,5-6H2. The molecule has 0 aliphatic carbocycles. The van der Waals surface area contributed by atoms with E-state index in [0.29, 0.717) is 6.32 Å². The molecule has 0 aliphatic heterocycles. The summed E-state index contributed by atoms with van der Waals surface area (Å²) in [4.78, 5) is 0. The van der Waals surface area contributed by atoms with E-state index in [4.69, 9.17) is 13.0 Å². The van der Waals surface area contributed by atoms with Gasteiger partial charge in [-0.1, -0.05) is 36.1 Å². The van der Waals surface area contributed by atoms with Gasteiger partial charge >= 0.3 is 0 Å². The molecule has 10 heavy (non-hydrogen) atoms. The molecule has 1 rings (SSSR count). The van der Waals surface area contributed by atoms with Gasteiger partial charge in [-0.3, -0.25) is 0 Å². The molecule has 0 heterocycles. The molecule has 0 aromatic heterocycles.